The Kier molecular flexibility index (Phi) is 4.43. The fourth-order valence-corrected chi connectivity index (χ4v) is 2.26. The minimum atomic E-state index is 0.0705. The molecule has 1 aromatic carbocycles. The molecule has 1 aliphatic heterocycles. The van der Waals surface area contributed by atoms with Crippen molar-refractivity contribution >= 4 is 5.91 Å². The Labute approximate surface area is 114 Å². The van der Waals surface area contributed by atoms with Crippen LogP contribution < -0.4 is 10.5 Å². The number of nitrogens with zero attached hydrogens (tertiary/aromatic N) is 1. The zero-order valence-electron chi connectivity index (χ0n) is 11.6. The SMILES string of the molecule is CC(C)Oc1cccc(C(=O)N2CCC(N)CC2)c1. The number of ether oxygens (including phenoxy) is 1. The van der Waals surface area contributed by atoms with Crippen molar-refractivity contribution in [1.29, 1.82) is 0 Å². The van der Waals surface area contributed by atoms with Gasteiger partial charge in [0.2, 0.25) is 0 Å². The summed E-state index contributed by atoms with van der Waals surface area (Å²) in [5.41, 5.74) is 6.55. The maximum absolute atomic E-state index is 12.4. The predicted octanol–water partition coefficient (Wildman–Crippen LogP) is 2.04. The van der Waals surface area contributed by atoms with Gasteiger partial charge in [-0.3, -0.25) is 4.79 Å². The van der Waals surface area contributed by atoms with Gasteiger partial charge in [0.1, 0.15) is 5.75 Å². The van der Waals surface area contributed by atoms with E-state index in [2.05, 4.69) is 0 Å². The molecule has 19 heavy (non-hydrogen) atoms. The van der Waals surface area contributed by atoms with Crippen LogP contribution in [0.5, 0.6) is 5.75 Å². The van der Waals surface area contributed by atoms with Crippen LogP contribution in [-0.4, -0.2) is 36.0 Å². The van der Waals surface area contributed by atoms with Crippen molar-refractivity contribution in [2.75, 3.05) is 13.1 Å². The van der Waals surface area contributed by atoms with Crippen molar-refractivity contribution in [3.8, 4) is 5.75 Å². The van der Waals surface area contributed by atoms with Crippen molar-refractivity contribution in [3.63, 3.8) is 0 Å². The van der Waals surface area contributed by atoms with Gasteiger partial charge in [0.15, 0.2) is 0 Å². The highest BCUT2D eigenvalue weighted by Gasteiger charge is 2.21. The maximum Gasteiger partial charge on any atom is 0.253 e. The number of nitrogens with two attached hydrogens (primary N) is 1. The first-order valence-corrected chi connectivity index (χ1v) is 6.88. The number of piperidine rings is 1. The van der Waals surface area contributed by atoms with E-state index in [4.69, 9.17) is 10.5 Å². The number of likely N-dealkylation sites (tertiary alicyclic amines) is 1. The lowest BCUT2D eigenvalue weighted by Crippen LogP contribution is -2.42. The first kappa shape index (κ1) is 13.9. The quantitative estimate of drug-likeness (QED) is 0.907. The summed E-state index contributed by atoms with van der Waals surface area (Å²) in [5.74, 6) is 0.815. The Morgan fingerprint density at radius 1 is 1.37 bits per heavy atom. The number of hydrogen-bond donors (Lipinski definition) is 1. The summed E-state index contributed by atoms with van der Waals surface area (Å²) >= 11 is 0. The predicted molar refractivity (Wildman–Crippen MR) is 75.3 cm³/mol. The standard InChI is InChI=1S/C15H22N2O2/c1-11(2)19-14-5-3-4-12(10-14)15(18)17-8-6-13(16)7-9-17/h3-5,10-11,13H,6-9,16H2,1-2H3. The van der Waals surface area contributed by atoms with E-state index in [0.29, 0.717) is 5.56 Å². The van der Waals surface area contributed by atoms with Gasteiger partial charge in [-0.15, -0.1) is 0 Å². The number of rotatable bonds is 3. The largest absolute Gasteiger partial charge is 0.491 e. The second-order valence-electron chi connectivity index (χ2n) is 5.32. The van der Waals surface area contributed by atoms with Crippen molar-refractivity contribution in [3.05, 3.63) is 29.8 Å². The first-order chi connectivity index (χ1) is 9.06. The van der Waals surface area contributed by atoms with Gasteiger partial charge in [0, 0.05) is 24.7 Å². The van der Waals surface area contributed by atoms with Crippen molar-refractivity contribution in [2.24, 2.45) is 5.73 Å². The molecule has 0 bridgehead atoms. The highest BCUT2D eigenvalue weighted by Crippen LogP contribution is 2.18. The molecule has 1 fully saturated rings. The highest BCUT2D eigenvalue weighted by molar-refractivity contribution is 5.94. The van der Waals surface area contributed by atoms with Gasteiger partial charge >= 0.3 is 0 Å². The van der Waals surface area contributed by atoms with Gasteiger partial charge in [-0.2, -0.15) is 0 Å². The van der Waals surface area contributed by atoms with Crippen molar-refractivity contribution < 1.29 is 9.53 Å². The summed E-state index contributed by atoms with van der Waals surface area (Å²) in [6.07, 6.45) is 1.88. The molecule has 0 radical (unpaired) electrons. The van der Waals surface area contributed by atoms with E-state index in [9.17, 15) is 4.79 Å². The third kappa shape index (κ3) is 3.70. The van der Waals surface area contributed by atoms with Crippen molar-refractivity contribution in [2.45, 2.75) is 38.8 Å². The number of hydrogen-bond acceptors (Lipinski definition) is 3. The lowest BCUT2D eigenvalue weighted by molar-refractivity contribution is 0.0714. The summed E-state index contributed by atoms with van der Waals surface area (Å²) in [5, 5.41) is 0. The van der Waals surface area contributed by atoms with E-state index >= 15 is 0 Å². The van der Waals surface area contributed by atoms with Crippen LogP contribution in [0.4, 0.5) is 0 Å². The molecule has 1 amide bonds. The molecule has 0 aromatic heterocycles. The topological polar surface area (TPSA) is 55.6 Å². The lowest BCUT2D eigenvalue weighted by atomic mass is 10.0. The third-order valence-electron chi connectivity index (χ3n) is 3.28. The summed E-state index contributed by atoms with van der Waals surface area (Å²) in [6.45, 7) is 5.44. The Morgan fingerprint density at radius 2 is 2.05 bits per heavy atom. The Morgan fingerprint density at radius 3 is 2.68 bits per heavy atom. The minimum Gasteiger partial charge on any atom is -0.491 e. The van der Waals surface area contributed by atoms with Crippen LogP contribution in [0.2, 0.25) is 0 Å². The molecule has 1 heterocycles. The van der Waals surface area contributed by atoms with Crippen molar-refractivity contribution in [1.82, 2.24) is 4.90 Å². The third-order valence-corrected chi connectivity index (χ3v) is 3.28. The molecule has 0 aliphatic carbocycles. The van der Waals surface area contributed by atoms with E-state index in [1.54, 1.807) is 0 Å². The minimum absolute atomic E-state index is 0.0705. The average molecular weight is 262 g/mol. The van der Waals surface area contributed by atoms with Crippen LogP contribution in [0.1, 0.15) is 37.0 Å². The number of benzene rings is 1. The van der Waals surface area contributed by atoms with E-state index in [-0.39, 0.29) is 18.1 Å². The smallest absolute Gasteiger partial charge is 0.253 e. The van der Waals surface area contributed by atoms with Gasteiger partial charge in [-0.25, -0.2) is 0 Å². The summed E-state index contributed by atoms with van der Waals surface area (Å²) in [7, 11) is 0. The van der Waals surface area contributed by atoms with E-state index in [1.165, 1.54) is 0 Å². The van der Waals surface area contributed by atoms with Crippen LogP contribution in [0.15, 0.2) is 24.3 Å². The van der Waals surface area contributed by atoms with Gasteiger partial charge in [0.05, 0.1) is 6.10 Å². The molecule has 0 unspecified atom stereocenters. The van der Waals surface area contributed by atoms with Crippen LogP contribution >= 0.6 is 0 Å². The number of carbonyl (C=O) groups is 1. The molecule has 104 valence electrons. The zero-order chi connectivity index (χ0) is 13.8. The maximum atomic E-state index is 12.4. The Balaban J connectivity index is 2.06. The monoisotopic (exact) mass is 262 g/mol. The zero-order valence-corrected chi connectivity index (χ0v) is 11.6. The normalized spacial score (nSPS) is 16.7. The number of carbonyl (C=O) groups excluding carboxylic acids is 1. The summed E-state index contributed by atoms with van der Waals surface area (Å²) < 4.78 is 5.62. The molecule has 0 saturated carbocycles. The summed E-state index contributed by atoms with van der Waals surface area (Å²) in [4.78, 5) is 14.2. The van der Waals surface area contributed by atoms with Gasteiger partial charge in [0.25, 0.3) is 5.91 Å². The molecule has 0 spiro atoms. The van der Waals surface area contributed by atoms with Crippen LogP contribution in [0, 0.1) is 0 Å². The first-order valence-electron chi connectivity index (χ1n) is 6.88. The molecule has 4 nitrogen and oxygen atoms in total. The molecule has 1 saturated heterocycles. The van der Waals surface area contributed by atoms with E-state index in [1.807, 2.05) is 43.0 Å². The Hall–Kier alpha value is -1.55. The van der Waals surface area contributed by atoms with Gasteiger partial charge in [-0.05, 0) is 44.9 Å². The average Bonchev–Trinajstić information content (AvgIpc) is 2.38. The molecular weight excluding hydrogens is 240 g/mol. The van der Waals surface area contributed by atoms with Crippen LogP contribution in [-0.2, 0) is 0 Å². The highest BCUT2D eigenvalue weighted by atomic mass is 16.5. The van der Waals surface area contributed by atoms with Gasteiger partial charge in [-0.1, -0.05) is 6.07 Å². The fourth-order valence-electron chi connectivity index (χ4n) is 2.26. The van der Waals surface area contributed by atoms with Crippen LogP contribution in [0.25, 0.3) is 0 Å². The van der Waals surface area contributed by atoms with E-state index in [0.717, 1.165) is 31.7 Å². The second-order valence-corrected chi connectivity index (χ2v) is 5.32. The second kappa shape index (κ2) is 6.06. The van der Waals surface area contributed by atoms with Crippen LogP contribution in [0.3, 0.4) is 0 Å². The van der Waals surface area contributed by atoms with E-state index < -0.39 is 0 Å². The molecule has 2 N–H and O–H groups in total. The fraction of sp³-hybridized carbons (Fsp3) is 0.533. The van der Waals surface area contributed by atoms with Gasteiger partial charge < -0.3 is 15.4 Å². The molecule has 1 aromatic rings. The lowest BCUT2D eigenvalue weighted by Gasteiger charge is -2.30. The molecule has 2 rings (SSSR count). The number of amides is 1. The molecule has 4 heteroatoms. The molecule has 0 atom stereocenters. The molecule has 1 aliphatic rings. The summed E-state index contributed by atoms with van der Waals surface area (Å²) in [6, 6.07) is 7.63. The molecular formula is C15H22N2O2. The Bertz CT molecular complexity index is 438.